The molecule has 2 aliphatic heterocycles. The summed E-state index contributed by atoms with van der Waals surface area (Å²) in [5.41, 5.74) is 3.61. The molecule has 2 aliphatic rings. The van der Waals surface area contributed by atoms with Gasteiger partial charge in [0.2, 0.25) is 0 Å². The van der Waals surface area contributed by atoms with Crippen LogP contribution in [0.5, 0.6) is 5.75 Å². The molecule has 0 spiro atoms. The van der Waals surface area contributed by atoms with Crippen molar-refractivity contribution in [3.63, 3.8) is 0 Å². The number of aromatic hydroxyl groups is 1. The van der Waals surface area contributed by atoms with E-state index in [4.69, 9.17) is 0 Å². The number of nitrogens with zero attached hydrogens (tertiary/aromatic N) is 4. The first-order chi connectivity index (χ1) is 15.6. The standard InChI is InChI=1S/C25H31N5O2/c1-17-23-21(15-22(26-24(23)28-27-17)19-5-7-20(31)8-6-19)25(32)30-13-9-18(10-14-30)16-29-11-3-2-4-12-29/h5-8,15,18,31H,2-4,9-14,16H2,1H3,(H,26,27,28). The molecule has 0 unspecified atom stereocenters. The topological polar surface area (TPSA) is 85.3 Å². The summed E-state index contributed by atoms with van der Waals surface area (Å²) in [5, 5.41) is 17.7. The highest BCUT2D eigenvalue weighted by Crippen LogP contribution is 2.29. The molecule has 5 rings (SSSR count). The second kappa shape index (κ2) is 8.90. The molecule has 2 N–H and O–H groups in total. The number of rotatable bonds is 4. The summed E-state index contributed by atoms with van der Waals surface area (Å²) < 4.78 is 0. The Labute approximate surface area is 188 Å². The molecule has 2 aromatic heterocycles. The number of hydrogen-bond donors (Lipinski definition) is 2. The van der Waals surface area contributed by atoms with E-state index in [1.807, 2.05) is 30.0 Å². The van der Waals surface area contributed by atoms with Crippen LogP contribution in [0.25, 0.3) is 22.3 Å². The van der Waals surface area contributed by atoms with Crippen molar-refractivity contribution in [1.29, 1.82) is 0 Å². The lowest BCUT2D eigenvalue weighted by Gasteiger charge is -2.36. The van der Waals surface area contributed by atoms with E-state index in [2.05, 4.69) is 20.1 Å². The van der Waals surface area contributed by atoms with Crippen LogP contribution in [-0.4, -0.2) is 68.7 Å². The number of aromatic amines is 1. The average Bonchev–Trinajstić information content (AvgIpc) is 3.20. The van der Waals surface area contributed by atoms with E-state index >= 15 is 0 Å². The number of phenolic OH excluding ortho intramolecular Hbond substituents is 1. The molecule has 0 aliphatic carbocycles. The number of fused-ring (bicyclic) bond motifs is 1. The molecule has 0 atom stereocenters. The zero-order valence-corrected chi connectivity index (χ0v) is 18.7. The molecule has 3 aromatic rings. The van der Waals surface area contributed by atoms with Gasteiger partial charge in [0, 0.05) is 25.2 Å². The lowest BCUT2D eigenvalue weighted by atomic mass is 9.94. The Kier molecular flexibility index (Phi) is 5.83. The smallest absolute Gasteiger partial charge is 0.254 e. The van der Waals surface area contributed by atoms with Crippen LogP contribution in [0, 0.1) is 12.8 Å². The Balaban J connectivity index is 1.36. The van der Waals surface area contributed by atoms with Crippen LogP contribution in [0.2, 0.25) is 0 Å². The molecule has 168 valence electrons. The fraction of sp³-hybridized carbons (Fsp3) is 0.480. The van der Waals surface area contributed by atoms with Crippen molar-refractivity contribution >= 4 is 16.9 Å². The summed E-state index contributed by atoms with van der Waals surface area (Å²) >= 11 is 0. The minimum absolute atomic E-state index is 0.0540. The number of piperidine rings is 2. The second-order valence-electron chi connectivity index (χ2n) is 9.23. The molecule has 2 saturated heterocycles. The van der Waals surface area contributed by atoms with Gasteiger partial charge in [-0.3, -0.25) is 9.89 Å². The van der Waals surface area contributed by atoms with E-state index in [0.717, 1.165) is 42.6 Å². The first kappa shape index (κ1) is 20.9. The number of phenols is 1. The van der Waals surface area contributed by atoms with Crippen LogP contribution in [0.15, 0.2) is 30.3 Å². The van der Waals surface area contributed by atoms with Gasteiger partial charge in [-0.05, 0) is 81.9 Å². The number of benzene rings is 1. The fourth-order valence-corrected chi connectivity index (χ4v) is 5.13. The number of amides is 1. The molecule has 0 radical (unpaired) electrons. The highest BCUT2D eigenvalue weighted by atomic mass is 16.3. The molecule has 2 fully saturated rings. The molecule has 0 bridgehead atoms. The maximum atomic E-state index is 13.6. The molecule has 7 heteroatoms. The Hall–Kier alpha value is -2.93. The highest BCUT2D eigenvalue weighted by Gasteiger charge is 2.28. The predicted molar refractivity (Wildman–Crippen MR) is 125 cm³/mol. The van der Waals surface area contributed by atoms with Crippen molar-refractivity contribution in [2.45, 2.75) is 39.0 Å². The first-order valence-electron chi connectivity index (χ1n) is 11.8. The van der Waals surface area contributed by atoms with Crippen LogP contribution >= 0.6 is 0 Å². The van der Waals surface area contributed by atoms with Gasteiger partial charge in [0.05, 0.1) is 22.3 Å². The normalized spacial score (nSPS) is 18.3. The van der Waals surface area contributed by atoms with E-state index in [9.17, 15) is 9.90 Å². The third-order valence-electron chi connectivity index (χ3n) is 6.97. The number of carbonyl (C=O) groups is 1. The predicted octanol–water partition coefficient (Wildman–Crippen LogP) is 3.98. The number of nitrogens with one attached hydrogen (secondary N) is 1. The summed E-state index contributed by atoms with van der Waals surface area (Å²) in [5.74, 6) is 0.937. The number of aryl methyl sites for hydroxylation is 1. The third kappa shape index (κ3) is 4.21. The summed E-state index contributed by atoms with van der Waals surface area (Å²) in [6.07, 6.45) is 6.13. The van der Waals surface area contributed by atoms with Crippen molar-refractivity contribution in [3.8, 4) is 17.0 Å². The van der Waals surface area contributed by atoms with Crippen molar-refractivity contribution in [2.75, 3.05) is 32.7 Å². The molecule has 1 aromatic carbocycles. The molecule has 1 amide bonds. The largest absolute Gasteiger partial charge is 0.508 e. The number of carbonyl (C=O) groups excluding carboxylic acids is 1. The maximum Gasteiger partial charge on any atom is 0.254 e. The first-order valence-corrected chi connectivity index (χ1v) is 11.8. The third-order valence-corrected chi connectivity index (χ3v) is 6.97. The molecule has 0 saturated carbocycles. The minimum atomic E-state index is 0.0540. The van der Waals surface area contributed by atoms with Gasteiger partial charge in [-0.25, -0.2) is 4.98 Å². The van der Waals surface area contributed by atoms with Crippen LogP contribution in [0.4, 0.5) is 0 Å². The van der Waals surface area contributed by atoms with E-state index in [-0.39, 0.29) is 11.7 Å². The Bertz CT molecular complexity index is 1090. The van der Waals surface area contributed by atoms with Gasteiger partial charge in [-0.2, -0.15) is 5.10 Å². The van der Waals surface area contributed by atoms with Gasteiger partial charge >= 0.3 is 0 Å². The maximum absolute atomic E-state index is 13.6. The SMILES string of the molecule is Cc1n[nH]c2nc(-c3ccc(O)cc3)cc(C(=O)N3CCC(CN4CCCCC4)CC3)c12. The zero-order valence-electron chi connectivity index (χ0n) is 18.7. The minimum Gasteiger partial charge on any atom is -0.508 e. The number of likely N-dealkylation sites (tertiary alicyclic amines) is 2. The van der Waals surface area contributed by atoms with E-state index in [1.165, 1.54) is 38.9 Å². The van der Waals surface area contributed by atoms with Gasteiger partial charge in [-0.15, -0.1) is 0 Å². The van der Waals surface area contributed by atoms with Crippen molar-refractivity contribution < 1.29 is 9.90 Å². The summed E-state index contributed by atoms with van der Waals surface area (Å²) in [4.78, 5) is 22.9. The lowest BCUT2D eigenvalue weighted by Crippen LogP contribution is -2.42. The summed E-state index contributed by atoms with van der Waals surface area (Å²) in [6, 6.07) is 8.77. The van der Waals surface area contributed by atoms with Gasteiger partial charge < -0.3 is 14.9 Å². The van der Waals surface area contributed by atoms with Crippen LogP contribution in [0.3, 0.4) is 0 Å². The van der Waals surface area contributed by atoms with Crippen LogP contribution in [-0.2, 0) is 0 Å². The zero-order chi connectivity index (χ0) is 22.1. The Morgan fingerprint density at radius 2 is 1.81 bits per heavy atom. The van der Waals surface area contributed by atoms with Crippen molar-refractivity contribution in [2.24, 2.45) is 5.92 Å². The van der Waals surface area contributed by atoms with Gasteiger partial charge in [0.25, 0.3) is 5.91 Å². The van der Waals surface area contributed by atoms with E-state index < -0.39 is 0 Å². The van der Waals surface area contributed by atoms with E-state index in [1.54, 1.807) is 12.1 Å². The lowest BCUT2D eigenvalue weighted by molar-refractivity contribution is 0.0662. The monoisotopic (exact) mass is 433 g/mol. The highest BCUT2D eigenvalue weighted by molar-refractivity contribution is 6.07. The van der Waals surface area contributed by atoms with Gasteiger partial charge in [0.15, 0.2) is 5.65 Å². The van der Waals surface area contributed by atoms with Crippen molar-refractivity contribution in [3.05, 3.63) is 41.6 Å². The van der Waals surface area contributed by atoms with E-state index in [0.29, 0.717) is 22.8 Å². The van der Waals surface area contributed by atoms with Gasteiger partial charge in [0.1, 0.15) is 5.75 Å². The quantitative estimate of drug-likeness (QED) is 0.650. The average molecular weight is 434 g/mol. The van der Waals surface area contributed by atoms with Crippen LogP contribution in [0.1, 0.15) is 48.2 Å². The number of pyridine rings is 1. The second-order valence-corrected chi connectivity index (χ2v) is 9.23. The van der Waals surface area contributed by atoms with Crippen LogP contribution < -0.4 is 0 Å². The molecular formula is C25H31N5O2. The Morgan fingerprint density at radius 1 is 1.09 bits per heavy atom. The molecule has 32 heavy (non-hydrogen) atoms. The van der Waals surface area contributed by atoms with Crippen molar-refractivity contribution in [1.82, 2.24) is 25.0 Å². The van der Waals surface area contributed by atoms with Gasteiger partial charge in [-0.1, -0.05) is 6.42 Å². The Morgan fingerprint density at radius 3 is 2.53 bits per heavy atom. The molecular weight excluding hydrogens is 402 g/mol. The summed E-state index contributed by atoms with van der Waals surface area (Å²) in [7, 11) is 0. The molecule has 7 nitrogen and oxygen atoms in total. The number of hydrogen-bond acceptors (Lipinski definition) is 5. The summed E-state index contributed by atoms with van der Waals surface area (Å²) in [6.45, 7) is 7.14. The number of aromatic nitrogens is 3. The fourth-order valence-electron chi connectivity index (χ4n) is 5.13. The number of H-pyrrole nitrogens is 1. The molecule has 4 heterocycles.